The molecule has 16 heavy (non-hydrogen) atoms. The smallest absolute Gasteiger partial charge is 0.171 e. The van der Waals surface area contributed by atoms with Gasteiger partial charge in [0.15, 0.2) is 11.6 Å². The first-order valence-corrected chi connectivity index (χ1v) is 6.04. The molecule has 3 rings (SSSR count). The molecule has 88 valence electrons. The fourth-order valence-corrected chi connectivity index (χ4v) is 3.77. The van der Waals surface area contributed by atoms with Gasteiger partial charge in [0, 0.05) is 24.9 Å². The molecule has 0 radical (unpaired) electrons. The lowest BCUT2D eigenvalue weighted by molar-refractivity contribution is -0.246. The molecule has 1 saturated carbocycles. The van der Waals surface area contributed by atoms with Crippen molar-refractivity contribution in [2.75, 3.05) is 13.7 Å². The summed E-state index contributed by atoms with van der Waals surface area (Å²) >= 11 is 0. The van der Waals surface area contributed by atoms with Crippen molar-refractivity contribution in [1.82, 2.24) is 0 Å². The molecule has 0 aromatic heterocycles. The van der Waals surface area contributed by atoms with E-state index in [-0.39, 0.29) is 11.2 Å². The maximum absolute atomic E-state index is 11.9. The second-order valence-corrected chi connectivity index (χ2v) is 5.43. The first-order chi connectivity index (χ1) is 7.62. The van der Waals surface area contributed by atoms with Gasteiger partial charge in [-0.25, -0.2) is 0 Å². The molecular formula is C13H18O3. The predicted molar refractivity (Wildman–Crippen MR) is 58.8 cm³/mol. The van der Waals surface area contributed by atoms with Crippen LogP contribution >= 0.6 is 0 Å². The van der Waals surface area contributed by atoms with Gasteiger partial charge in [0.05, 0.1) is 6.61 Å². The number of fused-ring (bicyclic) bond motifs is 3. The molecule has 3 aliphatic rings. The molecule has 0 N–H and O–H groups in total. The Morgan fingerprint density at radius 1 is 1.50 bits per heavy atom. The van der Waals surface area contributed by atoms with Crippen LogP contribution < -0.4 is 0 Å². The average molecular weight is 222 g/mol. The molecule has 1 aliphatic heterocycles. The molecule has 0 aromatic rings. The van der Waals surface area contributed by atoms with E-state index in [1.807, 2.05) is 0 Å². The summed E-state index contributed by atoms with van der Waals surface area (Å²) in [6, 6.07) is 0. The fourth-order valence-electron chi connectivity index (χ4n) is 3.77. The average Bonchev–Trinajstić information content (AvgIpc) is 2.82. The van der Waals surface area contributed by atoms with E-state index in [2.05, 4.69) is 13.0 Å². The molecule has 0 amide bonds. The number of rotatable bonds is 1. The summed E-state index contributed by atoms with van der Waals surface area (Å²) < 4.78 is 11.4. The van der Waals surface area contributed by atoms with Crippen LogP contribution in [0.25, 0.3) is 0 Å². The maximum Gasteiger partial charge on any atom is 0.171 e. The minimum Gasteiger partial charge on any atom is -0.353 e. The Labute approximate surface area is 95.8 Å². The molecule has 1 heterocycles. The Bertz CT molecular complexity index is 362. The molecular weight excluding hydrogens is 204 g/mol. The third-order valence-electron chi connectivity index (χ3n) is 4.87. The Kier molecular flexibility index (Phi) is 2.08. The molecule has 4 atom stereocenters. The highest BCUT2D eigenvalue weighted by molar-refractivity contribution is 5.97. The molecule has 2 aliphatic carbocycles. The fraction of sp³-hybridized carbons (Fsp3) is 0.769. The first-order valence-electron chi connectivity index (χ1n) is 6.04. The predicted octanol–water partition coefficient (Wildman–Crippen LogP) is 1.92. The van der Waals surface area contributed by atoms with Crippen LogP contribution in [0.2, 0.25) is 0 Å². The Morgan fingerprint density at radius 3 is 3.06 bits per heavy atom. The number of carbonyl (C=O) groups excluding carboxylic acids is 1. The van der Waals surface area contributed by atoms with E-state index in [1.165, 1.54) is 0 Å². The van der Waals surface area contributed by atoms with Gasteiger partial charge in [-0.3, -0.25) is 4.79 Å². The number of allylic oxidation sites excluding steroid dienone is 2. The maximum atomic E-state index is 11.9. The largest absolute Gasteiger partial charge is 0.353 e. The summed E-state index contributed by atoms with van der Waals surface area (Å²) in [5.41, 5.74) is -0.194. The zero-order valence-corrected chi connectivity index (χ0v) is 9.86. The normalized spacial score (nSPS) is 50.5. The van der Waals surface area contributed by atoms with Crippen LogP contribution in [0.15, 0.2) is 12.2 Å². The number of methoxy groups -OCH3 is 1. The van der Waals surface area contributed by atoms with Gasteiger partial charge >= 0.3 is 0 Å². The van der Waals surface area contributed by atoms with Gasteiger partial charge in [0.25, 0.3) is 0 Å². The zero-order chi connectivity index (χ0) is 11.4. The van der Waals surface area contributed by atoms with Gasteiger partial charge in [-0.2, -0.15) is 0 Å². The zero-order valence-electron chi connectivity index (χ0n) is 9.86. The second kappa shape index (κ2) is 3.17. The Morgan fingerprint density at radius 2 is 2.31 bits per heavy atom. The van der Waals surface area contributed by atoms with Gasteiger partial charge < -0.3 is 9.47 Å². The van der Waals surface area contributed by atoms with Crippen molar-refractivity contribution in [3.05, 3.63) is 12.2 Å². The lowest BCUT2D eigenvalue weighted by Crippen LogP contribution is -2.51. The van der Waals surface area contributed by atoms with Crippen LogP contribution in [-0.4, -0.2) is 25.3 Å². The molecule has 3 nitrogen and oxygen atoms in total. The minimum absolute atomic E-state index is 0.194. The van der Waals surface area contributed by atoms with Gasteiger partial charge in [-0.15, -0.1) is 0 Å². The summed E-state index contributed by atoms with van der Waals surface area (Å²) in [4.78, 5) is 11.9. The minimum atomic E-state index is -0.418. The summed E-state index contributed by atoms with van der Waals surface area (Å²) in [5, 5.41) is 0. The molecule has 2 fully saturated rings. The molecule has 3 heteroatoms. The van der Waals surface area contributed by atoms with Gasteiger partial charge in [-0.1, -0.05) is 13.0 Å². The number of hydrogen-bond donors (Lipinski definition) is 0. The van der Waals surface area contributed by atoms with Crippen molar-refractivity contribution in [1.29, 1.82) is 0 Å². The van der Waals surface area contributed by atoms with E-state index in [4.69, 9.17) is 9.47 Å². The third kappa shape index (κ3) is 1.08. The van der Waals surface area contributed by atoms with E-state index in [0.717, 1.165) is 25.9 Å². The third-order valence-corrected chi connectivity index (χ3v) is 4.87. The van der Waals surface area contributed by atoms with Crippen LogP contribution in [0.4, 0.5) is 0 Å². The second-order valence-electron chi connectivity index (χ2n) is 5.43. The van der Waals surface area contributed by atoms with Crippen molar-refractivity contribution in [3.63, 3.8) is 0 Å². The number of carbonyl (C=O) groups is 1. The quantitative estimate of drug-likeness (QED) is 0.680. The molecule has 0 bridgehead atoms. The number of hydrogen-bond acceptors (Lipinski definition) is 3. The van der Waals surface area contributed by atoms with Crippen molar-refractivity contribution >= 4 is 5.78 Å². The lowest BCUT2D eigenvalue weighted by Gasteiger charge is -2.47. The van der Waals surface area contributed by atoms with Crippen molar-refractivity contribution in [2.24, 2.45) is 17.3 Å². The van der Waals surface area contributed by atoms with Crippen molar-refractivity contribution in [2.45, 2.75) is 32.0 Å². The standard InChI is InChI=1S/C13H18O3/c1-12-6-7-13(15-2)10(5-8-16-13)9(12)3-4-11(12)14/h3-4,9-10H,5-8H2,1-2H3/t9-,10-,12-,13+/m1/s1. The van der Waals surface area contributed by atoms with E-state index < -0.39 is 5.79 Å². The van der Waals surface area contributed by atoms with Crippen LogP contribution in [0.3, 0.4) is 0 Å². The number of ketones is 1. The van der Waals surface area contributed by atoms with E-state index >= 15 is 0 Å². The van der Waals surface area contributed by atoms with E-state index in [1.54, 1.807) is 13.2 Å². The Balaban J connectivity index is 1.99. The molecule has 0 unspecified atom stereocenters. The molecule has 0 aromatic carbocycles. The highest BCUT2D eigenvalue weighted by Crippen LogP contribution is 2.57. The van der Waals surface area contributed by atoms with Gasteiger partial charge in [0.2, 0.25) is 0 Å². The molecule has 0 spiro atoms. The highest BCUT2D eigenvalue weighted by Gasteiger charge is 2.60. The van der Waals surface area contributed by atoms with Crippen molar-refractivity contribution < 1.29 is 14.3 Å². The van der Waals surface area contributed by atoms with Crippen LogP contribution in [0.5, 0.6) is 0 Å². The lowest BCUT2D eigenvalue weighted by atomic mass is 9.61. The van der Waals surface area contributed by atoms with E-state index in [0.29, 0.717) is 11.8 Å². The first kappa shape index (κ1) is 10.5. The van der Waals surface area contributed by atoms with Crippen LogP contribution in [-0.2, 0) is 14.3 Å². The van der Waals surface area contributed by atoms with Gasteiger partial charge in [-0.05, 0) is 24.8 Å². The summed E-state index contributed by atoms with van der Waals surface area (Å²) in [6.45, 7) is 2.85. The van der Waals surface area contributed by atoms with Crippen LogP contribution in [0.1, 0.15) is 26.2 Å². The summed E-state index contributed by atoms with van der Waals surface area (Å²) in [7, 11) is 1.72. The Hall–Kier alpha value is -0.670. The van der Waals surface area contributed by atoms with Gasteiger partial charge in [0.1, 0.15) is 0 Å². The summed E-state index contributed by atoms with van der Waals surface area (Å²) in [6.07, 6.45) is 6.55. The number of ether oxygens (including phenoxy) is 2. The monoisotopic (exact) mass is 222 g/mol. The topological polar surface area (TPSA) is 35.5 Å². The molecule has 1 saturated heterocycles. The van der Waals surface area contributed by atoms with Crippen molar-refractivity contribution in [3.8, 4) is 0 Å². The summed E-state index contributed by atoms with van der Waals surface area (Å²) in [5.74, 6) is 0.517. The SMILES string of the molecule is CO[C@]12CC[C@@]3(C)C(=O)C=C[C@@H]3[C@H]1CCO2. The van der Waals surface area contributed by atoms with Crippen LogP contribution in [0, 0.1) is 17.3 Å². The van der Waals surface area contributed by atoms with E-state index in [9.17, 15) is 4.79 Å². The highest BCUT2D eigenvalue weighted by atomic mass is 16.7.